The summed E-state index contributed by atoms with van der Waals surface area (Å²) in [5.74, 6) is -1.17. The molecule has 0 radical (unpaired) electrons. The molecule has 1 aliphatic rings. The molecule has 1 aromatic carbocycles. The first-order valence-electron chi connectivity index (χ1n) is 6.53. The average Bonchev–Trinajstić information content (AvgIpc) is 2.45. The second kappa shape index (κ2) is 6.13. The lowest BCUT2D eigenvalue weighted by Crippen LogP contribution is -2.42. The van der Waals surface area contributed by atoms with E-state index >= 15 is 0 Å². The molecular weight excluding hydrogens is 280 g/mol. The second-order valence-electron chi connectivity index (χ2n) is 4.84. The number of benzene rings is 1. The third-order valence-electron chi connectivity index (χ3n) is 3.58. The molecule has 1 amide bonds. The number of carbonyl (C=O) groups is 2. The maximum Gasteiger partial charge on any atom is 0.339 e. The number of anilines is 1. The molecule has 0 aliphatic carbocycles. The predicted molar refractivity (Wildman–Crippen MR) is 77.4 cm³/mol. The van der Waals surface area contributed by atoms with Crippen LogP contribution in [0.4, 0.5) is 5.69 Å². The number of hydrogen-bond donors (Lipinski definition) is 2. The fourth-order valence-electron chi connectivity index (χ4n) is 2.60. The van der Waals surface area contributed by atoms with Gasteiger partial charge in [0.05, 0.1) is 16.6 Å². The monoisotopic (exact) mass is 296 g/mol. The zero-order valence-corrected chi connectivity index (χ0v) is 12.0. The lowest BCUT2D eigenvalue weighted by molar-refractivity contribution is -0.124. The highest BCUT2D eigenvalue weighted by atomic mass is 35.5. The number of carboxylic acids is 1. The van der Waals surface area contributed by atoms with Gasteiger partial charge in [-0.05, 0) is 25.0 Å². The highest BCUT2D eigenvalue weighted by Crippen LogP contribution is 2.30. The van der Waals surface area contributed by atoms with E-state index in [0.717, 1.165) is 19.4 Å². The van der Waals surface area contributed by atoms with Gasteiger partial charge in [-0.25, -0.2) is 4.79 Å². The Morgan fingerprint density at radius 3 is 2.85 bits per heavy atom. The first-order valence-corrected chi connectivity index (χ1v) is 6.90. The first kappa shape index (κ1) is 14.7. The molecular formula is C14H17ClN2O3. The molecule has 2 rings (SSSR count). The van der Waals surface area contributed by atoms with Crippen LogP contribution in [0.2, 0.25) is 5.02 Å². The van der Waals surface area contributed by atoms with Gasteiger partial charge < -0.3 is 15.3 Å². The quantitative estimate of drug-likeness (QED) is 0.895. The Morgan fingerprint density at radius 2 is 2.20 bits per heavy atom. The van der Waals surface area contributed by atoms with Crippen LogP contribution in [0.5, 0.6) is 0 Å². The van der Waals surface area contributed by atoms with Crippen molar-refractivity contribution in [1.29, 1.82) is 0 Å². The van der Waals surface area contributed by atoms with Crippen LogP contribution in [0.15, 0.2) is 18.2 Å². The lowest BCUT2D eigenvalue weighted by Gasteiger charge is -2.34. The third kappa shape index (κ3) is 2.88. The zero-order chi connectivity index (χ0) is 14.7. The summed E-state index contributed by atoms with van der Waals surface area (Å²) in [5.41, 5.74) is 0.685. The Hall–Kier alpha value is -1.75. The molecule has 0 saturated carbocycles. The normalized spacial score (nSPS) is 18.7. The van der Waals surface area contributed by atoms with Crippen LogP contribution in [-0.2, 0) is 4.79 Å². The van der Waals surface area contributed by atoms with Gasteiger partial charge in [-0.15, -0.1) is 0 Å². The Labute approximate surface area is 122 Å². The van der Waals surface area contributed by atoms with Gasteiger partial charge in [-0.1, -0.05) is 17.7 Å². The van der Waals surface area contributed by atoms with Gasteiger partial charge >= 0.3 is 5.97 Å². The molecule has 0 spiro atoms. The maximum absolute atomic E-state index is 11.7. The molecule has 1 heterocycles. The molecule has 0 bridgehead atoms. The summed E-state index contributed by atoms with van der Waals surface area (Å²) < 4.78 is 0. The van der Waals surface area contributed by atoms with Gasteiger partial charge in [0, 0.05) is 20.1 Å². The van der Waals surface area contributed by atoms with Crippen LogP contribution >= 0.6 is 11.6 Å². The number of piperidine rings is 1. The zero-order valence-electron chi connectivity index (χ0n) is 11.2. The van der Waals surface area contributed by atoms with Crippen LogP contribution in [0, 0.1) is 5.92 Å². The number of rotatable bonds is 3. The number of hydrogen-bond acceptors (Lipinski definition) is 3. The minimum Gasteiger partial charge on any atom is -0.478 e. The van der Waals surface area contributed by atoms with Gasteiger partial charge in [0.15, 0.2) is 0 Å². The Kier molecular flexibility index (Phi) is 4.49. The van der Waals surface area contributed by atoms with Crippen LogP contribution in [-0.4, -0.2) is 37.1 Å². The average molecular weight is 297 g/mol. The SMILES string of the molecule is CNC(=O)C1CCCN(c2cccc(Cl)c2C(=O)O)C1. The lowest BCUT2D eigenvalue weighted by atomic mass is 9.96. The molecule has 1 saturated heterocycles. The van der Waals surface area contributed by atoms with Crippen LogP contribution < -0.4 is 10.2 Å². The largest absolute Gasteiger partial charge is 0.478 e. The molecule has 1 atom stereocenters. The Morgan fingerprint density at radius 1 is 1.45 bits per heavy atom. The second-order valence-corrected chi connectivity index (χ2v) is 5.25. The molecule has 1 aromatic rings. The number of nitrogens with one attached hydrogen (secondary N) is 1. The van der Waals surface area contributed by atoms with Crippen molar-refractivity contribution < 1.29 is 14.7 Å². The van der Waals surface area contributed by atoms with Crippen molar-refractivity contribution in [2.45, 2.75) is 12.8 Å². The first-order chi connectivity index (χ1) is 9.54. The van der Waals surface area contributed by atoms with Crippen molar-refractivity contribution in [3.63, 3.8) is 0 Å². The van der Waals surface area contributed by atoms with E-state index in [2.05, 4.69) is 5.32 Å². The van der Waals surface area contributed by atoms with Gasteiger partial charge in [-0.2, -0.15) is 0 Å². The molecule has 20 heavy (non-hydrogen) atoms. The van der Waals surface area contributed by atoms with Crippen molar-refractivity contribution in [2.24, 2.45) is 5.92 Å². The van der Waals surface area contributed by atoms with Crippen molar-refractivity contribution in [1.82, 2.24) is 5.32 Å². The molecule has 6 heteroatoms. The van der Waals surface area contributed by atoms with Crippen molar-refractivity contribution in [3.8, 4) is 0 Å². The standard InChI is InChI=1S/C14H17ClN2O3/c1-16-13(18)9-4-3-7-17(8-9)11-6-2-5-10(15)12(11)14(19)20/h2,5-6,9H,3-4,7-8H2,1H3,(H,16,18)(H,19,20). The molecule has 0 aromatic heterocycles. The van der Waals surface area contributed by atoms with Crippen LogP contribution in [0.3, 0.4) is 0 Å². The van der Waals surface area contributed by atoms with E-state index in [0.29, 0.717) is 12.2 Å². The summed E-state index contributed by atoms with van der Waals surface area (Å²) in [6.07, 6.45) is 1.67. The van der Waals surface area contributed by atoms with E-state index in [1.165, 1.54) is 0 Å². The maximum atomic E-state index is 11.7. The number of carbonyl (C=O) groups excluding carboxylic acids is 1. The summed E-state index contributed by atoms with van der Waals surface area (Å²) >= 11 is 5.98. The van der Waals surface area contributed by atoms with Crippen LogP contribution in [0.25, 0.3) is 0 Å². The Bertz CT molecular complexity index is 533. The number of aromatic carboxylic acids is 1. The molecule has 5 nitrogen and oxygen atoms in total. The fraction of sp³-hybridized carbons (Fsp3) is 0.429. The van der Waals surface area contributed by atoms with E-state index in [1.807, 2.05) is 4.90 Å². The molecule has 108 valence electrons. The molecule has 1 aliphatic heterocycles. The summed E-state index contributed by atoms with van der Waals surface area (Å²) in [5, 5.41) is 12.2. The van der Waals surface area contributed by atoms with Crippen molar-refractivity contribution in [3.05, 3.63) is 28.8 Å². The number of carboxylic acid groups (broad SMARTS) is 1. The summed E-state index contributed by atoms with van der Waals surface area (Å²) in [4.78, 5) is 25.0. The van der Waals surface area contributed by atoms with E-state index in [1.54, 1.807) is 25.2 Å². The smallest absolute Gasteiger partial charge is 0.339 e. The van der Waals surface area contributed by atoms with Gasteiger partial charge in [0.1, 0.15) is 5.56 Å². The van der Waals surface area contributed by atoms with Crippen LogP contribution in [0.1, 0.15) is 23.2 Å². The fourth-order valence-corrected chi connectivity index (χ4v) is 2.85. The van der Waals surface area contributed by atoms with E-state index in [9.17, 15) is 14.7 Å². The van der Waals surface area contributed by atoms with Crippen molar-refractivity contribution in [2.75, 3.05) is 25.0 Å². The summed E-state index contributed by atoms with van der Waals surface area (Å²) in [6, 6.07) is 5.03. The molecule has 1 fully saturated rings. The van der Waals surface area contributed by atoms with E-state index in [-0.39, 0.29) is 22.4 Å². The number of amides is 1. The third-order valence-corrected chi connectivity index (χ3v) is 3.90. The Balaban J connectivity index is 2.30. The minimum absolute atomic E-state index is 0.00592. The topological polar surface area (TPSA) is 69.6 Å². The molecule has 1 unspecified atom stereocenters. The predicted octanol–water partition coefficient (Wildman–Crippen LogP) is 2.00. The number of halogens is 1. The highest BCUT2D eigenvalue weighted by molar-refractivity contribution is 6.34. The van der Waals surface area contributed by atoms with E-state index in [4.69, 9.17) is 11.6 Å². The molecule has 2 N–H and O–H groups in total. The summed E-state index contributed by atoms with van der Waals surface area (Å²) in [6.45, 7) is 1.24. The minimum atomic E-state index is -1.05. The van der Waals surface area contributed by atoms with Gasteiger partial charge in [0.2, 0.25) is 5.91 Å². The van der Waals surface area contributed by atoms with Gasteiger partial charge in [-0.3, -0.25) is 4.79 Å². The van der Waals surface area contributed by atoms with Crippen molar-refractivity contribution >= 4 is 29.2 Å². The summed E-state index contributed by atoms with van der Waals surface area (Å²) in [7, 11) is 1.61. The highest BCUT2D eigenvalue weighted by Gasteiger charge is 2.28. The van der Waals surface area contributed by atoms with E-state index < -0.39 is 5.97 Å². The number of nitrogens with zero attached hydrogens (tertiary/aromatic N) is 1. The van der Waals surface area contributed by atoms with Gasteiger partial charge in [0.25, 0.3) is 0 Å².